The number of rotatable bonds is 4. The fourth-order valence-corrected chi connectivity index (χ4v) is 4.67. The van der Waals surface area contributed by atoms with Crippen molar-refractivity contribution in [3.63, 3.8) is 0 Å². The topological polar surface area (TPSA) is 38.8 Å². The predicted octanol–water partition coefficient (Wildman–Crippen LogP) is 3.88. The average molecular weight is 341 g/mol. The van der Waals surface area contributed by atoms with E-state index in [1.165, 1.54) is 32.1 Å². The molecule has 1 amide bonds. The first kappa shape index (κ1) is 16.5. The summed E-state index contributed by atoms with van der Waals surface area (Å²) in [5, 5.41) is 0. The predicted molar refractivity (Wildman–Crippen MR) is 97.0 cm³/mol. The summed E-state index contributed by atoms with van der Waals surface area (Å²) in [7, 11) is 3.26. The number of hydrogen-bond donors (Lipinski definition) is 0. The molecule has 2 unspecified atom stereocenters. The number of fused-ring (bicyclic) bond motifs is 2. The number of methoxy groups -OCH3 is 2. The van der Waals surface area contributed by atoms with Crippen molar-refractivity contribution in [2.45, 2.75) is 63.5 Å². The highest BCUT2D eigenvalue weighted by atomic mass is 16.5. The van der Waals surface area contributed by atoms with Crippen LogP contribution in [0.1, 0.15) is 50.5 Å². The molecule has 1 aromatic rings. The van der Waals surface area contributed by atoms with Crippen LogP contribution < -0.4 is 9.47 Å². The summed E-state index contributed by atoms with van der Waals surface area (Å²) >= 11 is 0. The van der Waals surface area contributed by atoms with Gasteiger partial charge in [0.2, 0.25) is 5.91 Å². The molecule has 2 bridgehead atoms. The summed E-state index contributed by atoms with van der Waals surface area (Å²) in [6, 6.07) is 6.62. The number of piperidine rings is 1. The van der Waals surface area contributed by atoms with E-state index >= 15 is 0 Å². The molecule has 0 radical (unpaired) electrons. The molecule has 3 fully saturated rings. The van der Waals surface area contributed by atoms with E-state index in [1.807, 2.05) is 18.2 Å². The number of ether oxygens (including phenoxy) is 2. The second-order valence-electron chi connectivity index (χ2n) is 7.52. The Morgan fingerprint density at radius 1 is 1.04 bits per heavy atom. The molecule has 0 aromatic heterocycles. The summed E-state index contributed by atoms with van der Waals surface area (Å²) in [5.41, 5.74) is 4.36. The van der Waals surface area contributed by atoms with Crippen molar-refractivity contribution < 1.29 is 14.3 Å². The van der Waals surface area contributed by atoms with Gasteiger partial charge >= 0.3 is 0 Å². The molecule has 1 aliphatic carbocycles. The number of benzene rings is 1. The Kier molecular flexibility index (Phi) is 4.45. The van der Waals surface area contributed by atoms with Crippen LogP contribution in [0.3, 0.4) is 0 Å². The third-order valence-electron chi connectivity index (χ3n) is 6.13. The lowest BCUT2D eigenvalue weighted by molar-refractivity contribution is -0.134. The molecule has 4 nitrogen and oxygen atoms in total. The average Bonchev–Trinajstić information content (AvgIpc) is 2.84. The Hall–Kier alpha value is -1.97. The molecule has 25 heavy (non-hydrogen) atoms. The maximum atomic E-state index is 13.0. The van der Waals surface area contributed by atoms with E-state index in [-0.39, 0.29) is 5.91 Å². The quantitative estimate of drug-likeness (QED) is 0.780. The zero-order valence-electron chi connectivity index (χ0n) is 15.2. The van der Waals surface area contributed by atoms with Gasteiger partial charge in [-0.05, 0) is 62.6 Å². The van der Waals surface area contributed by atoms with E-state index in [0.29, 0.717) is 30.0 Å². The van der Waals surface area contributed by atoms with Gasteiger partial charge in [-0.1, -0.05) is 17.2 Å². The number of carbonyl (C=O) groups excluding carboxylic acids is 1. The molecule has 1 saturated carbocycles. The van der Waals surface area contributed by atoms with Gasteiger partial charge in [-0.3, -0.25) is 4.79 Å². The maximum Gasteiger partial charge on any atom is 0.227 e. The lowest BCUT2D eigenvalue weighted by Gasteiger charge is -2.38. The van der Waals surface area contributed by atoms with Crippen LogP contribution >= 0.6 is 0 Å². The molecule has 0 spiro atoms. The highest BCUT2D eigenvalue weighted by Crippen LogP contribution is 2.43. The van der Waals surface area contributed by atoms with Gasteiger partial charge in [-0.15, -0.1) is 0 Å². The summed E-state index contributed by atoms with van der Waals surface area (Å²) in [6.45, 7) is 0. The van der Waals surface area contributed by atoms with Crippen LogP contribution in [-0.4, -0.2) is 37.1 Å². The Bertz CT molecular complexity index is 687. The summed E-state index contributed by atoms with van der Waals surface area (Å²) < 4.78 is 10.6. The first-order chi connectivity index (χ1) is 12.2. The van der Waals surface area contributed by atoms with Crippen LogP contribution in [0.15, 0.2) is 29.3 Å². The van der Waals surface area contributed by atoms with Crippen molar-refractivity contribution in [1.29, 1.82) is 0 Å². The van der Waals surface area contributed by atoms with Gasteiger partial charge in [-0.25, -0.2) is 0 Å². The van der Waals surface area contributed by atoms with Gasteiger partial charge < -0.3 is 14.4 Å². The van der Waals surface area contributed by atoms with Crippen LogP contribution in [0, 0.1) is 0 Å². The zero-order chi connectivity index (χ0) is 17.4. The molecule has 2 saturated heterocycles. The van der Waals surface area contributed by atoms with Crippen LogP contribution in [0.25, 0.3) is 0 Å². The standard InChI is InChI=1S/C21H27NO3/c1-24-19-9-6-14(10-20(19)25-2)11-21(23)22-17-7-8-18(22)13-16(12-17)15-4-3-5-15/h6,9-10,17-18H,3-5,7-8,11-13H2,1-2H3. The molecular weight excluding hydrogens is 314 g/mol. The van der Waals surface area contributed by atoms with Crippen molar-refractivity contribution in [3.05, 3.63) is 34.9 Å². The Labute approximate surface area is 149 Å². The van der Waals surface area contributed by atoms with Crippen LogP contribution in [0.5, 0.6) is 11.5 Å². The van der Waals surface area contributed by atoms with Crippen LogP contribution in [-0.2, 0) is 11.2 Å². The van der Waals surface area contributed by atoms with Gasteiger partial charge in [0.05, 0.1) is 20.6 Å². The Morgan fingerprint density at radius 2 is 1.72 bits per heavy atom. The molecule has 0 N–H and O–H groups in total. The molecule has 134 valence electrons. The molecule has 4 heteroatoms. The summed E-state index contributed by atoms with van der Waals surface area (Å²) in [5.74, 6) is 1.65. The minimum atomic E-state index is 0.261. The number of amides is 1. The second kappa shape index (κ2) is 6.74. The van der Waals surface area contributed by atoms with Gasteiger partial charge in [0, 0.05) is 12.1 Å². The van der Waals surface area contributed by atoms with Crippen molar-refractivity contribution in [2.75, 3.05) is 14.2 Å². The van der Waals surface area contributed by atoms with Crippen LogP contribution in [0.2, 0.25) is 0 Å². The normalized spacial score (nSPS) is 25.0. The van der Waals surface area contributed by atoms with Gasteiger partial charge in [0.25, 0.3) is 0 Å². The van der Waals surface area contributed by atoms with Crippen molar-refractivity contribution in [3.8, 4) is 11.5 Å². The van der Waals surface area contributed by atoms with Crippen molar-refractivity contribution in [2.24, 2.45) is 0 Å². The monoisotopic (exact) mass is 341 g/mol. The second-order valence-corrected chi connectivity index (χ2v) is 7.52. The van der Waals surface area contributed by atoms with Crippen molar-refractivity contribution in [1.82, 2.24) is 4.90 Å². The van der Waals surface area contributed by atoms with E-state index in [4.69, 9.17) is 9.47 Å². The number of allylic oxidation sites excluding steroid dienone is 1. The highest BCUT2D eigenvalue weighted by molar-refractivity contribution is 5.80. The molecule has 1 aromatic carbocycles. The van der Waals surface area contributed by atoms with E-state index in [0.717, 1.165) is 18.4 Å². The van der Waals surface area contributed by atoms with Crippen LogP contribution in [0.4, 0.5) is 0 Å². The molecule has 2 atom stereocenters. The van der Waals surface area contributed by atoms with Gasteiger partial charge in [0.15, 0.2) is 11.5 Å². The summed E-state index contributed by atoms with van der Waals surface area (Å²) in [4.78, 5) is 15.2. The number of carbonyl (C=O) groups is 1. The molecule has 4 rings (SSSR count). The molecular formula is C21H27NO3. The number of hydrogen-bond acceptors (Lipinski definition) is 3. The molecule has 3 aliphatic rings. The first-order valence-corrected chi connectivity index (χ1v) is 9.41. The van der Waals surface area contributed by atoms with E-state index in [9.17, 15) is 4.79 Å². The Balaban J connectivity index is 1.47. The third kappa shape index (κ3) is 3.03. The largest absolute Gasteiger partial charge is 0.493 e. The highest BCUT2D eigenvalue weighted by Gasteiger charge is 2.41. The van der Waals surface area contributed by atoms with Gasteiger partial charge in [-0.2, -0.15) is 0 Å². The lowest BCUT2D eigenvalue weighted by Crippen LogP contribution is -2.45. The van der Waals surface area contributed by atoms with E-state index in [2.05, 4.69) is 4.90 Å². The fourth-order valence-electron chi connectivity index (χ4n) is 4.67. The lowest BCUT2D eigenvalue weighted by atomic mass is 9.82. The minimum Gasteiger partial charge on any atom is -0.493 e. The molecule has 2 heterocycles. The van der Waals surface area contributed by atoms with E-state index < -0.39 is 0 Å². The maximum absolute atomic E-state index is 13.0. The minimum absolute atomic E-state index is 0.261. The zero-order valence-corrected chi connectivity index (χ0v) is 15.2. The fraction of sp³-hybridized carbons (Fsp3) is 0.571. The summed E-state index contributed by atoms with van der Waals surface area (Å²) in [6.07, 6.45) is 8.96. The van der Waals surface area contributed by atoms with Crippen molar-refractivity contribution >= 4 is 5.91 Å². The third-order valence-corrected chi connectivity index (χ3v) is 6.13. The smallest absolute Gasteiger partial charge is 0.227 e. The number of nitrogens with zero attached hydrogens (tertiary/aromatic N) is 1. The first-order valence-electron chi connectivity index (χ1n) is 9.41. The SMILES string of the molecule is COc1ccc(CC(=O)N2C3CCC2CC(=C2CCC2)C3)cc1OC. The Morgan fingerprint density at radius 3 is 2.28 bits per heavy atom. The van der Waals surface area contributed by atoms with E-state index in [1.54, 1.807) is 25.4 Å². The van der Waals surface area contributed by atoms with Gasteiger partial charge in [0.1, 0.15) is 0 Å². The molecule has 2 aliphatic heterocycles.